The highest BCUT2D eigenvalue weighted by Gasteiger charge is 2.11. The van der Waals surface area contributed by atoms with Crippen LogP contribution in [0.2, 0.25) is 0 Å². The minimum absolute atomic E-state index is 0.0540. The first-order chi connectivity index (χ1) is 14.9. The molecule has 2 rings (SSSR count). The highest BCUT2D eigenvalue weighted by atomic mass is 32.1. The van der Waals surface area contributed by atoms with Crippen molar-refractivity contribution in [2.75, 3.05) is 11.9 Å². The van der Waals surface area contributed by atoms with Gasteiger partial charge >= 0.3 is 0 Å². The van der Waals surface area contributed by atoms with Gasteiger partial charge in [-0.25, -0.2) is 0 Å². The maximum atomic E-state index is 12.3. The first-order valence-electron chi connectivity index (χ1n) is 9.97. The molecule has 2 aromatic carbocycles. The number of benzene rings is 2. The van der Waals surface area contributed by atoms with Crippen molar-refractivity contribution in [3.05, 3.63) is 59.7 Å². The monoisotopic (exact) mass is 442 g/mol. The van der Waals surface area contributed by atoms with E-state index in [1.165, 1.54) is 0 Å². The lowest BCUT2D eigenvalue weighted by Crippen LogP contribution is -2.48. The van der Waals surface area contributed by atoms with Crippen LogP contribution in [0.3, 0.4) is 0 Å². The second kappa shape index (κ2) is 12.3. The zero-order chi connectivity index (χ0) is 22.6. The van der Waals surface area contributed by atoms with Crippen molar-refractivity contribution in [3.8, 4) is 5.75 Å². The van der Waals surface area contributed by atoms with E-state index in [1.54, 1.807) is 48.5 Å². The fourth-order valence-corrected chi connectivity index (χ4v) is 2.64. The van der Waals surface area contributed by atoms with Crippen LogP contribution in [0.1, 0.15) is 53.8 Å². The number of ether oxygens (including phenoxy) is 1. The molecule has 31 heavy (non-hydrogen) atoms. The predicted molar refractivity (Wildman–Crippen MR) is 123 cm³/mol. The molecule has 9 heteroatoms. The van der Waals surface area contributed by atoms with Crippen LogP contribution in [0.5, 0.6) is 5.75 Å². The Bertz CT molecular complexity index is 931. The third-order valence-electron chi connectivity index (χ3n) is 3.99. The molecule has 8 nitrogen and oxygen atoms in total. The zero-order valence-electron chi connectivity index (χ0n) is 17.5. The number of rotatable bonds is 8. The van der Waals surface area contributed by atoms with Gasteiger partial charge in [-0.1, -0.05) is 19.9 Å². The van der Waals surface area contributed by atoms with E-state index >= 15 is 0 Å². The summed E-state index contributed by atoms with van der Waals surface area (Å²) in [6.07, 6.45) is 2.05. The normalized spacial score (nSPS) is 10.0. The minimum atomic E-state index is -0.446. The Balaban J connectivity index is 1.83. The molecule has 0 spiro atoms. The van der Waals surface area contributed by atoms with Crippen molar-refractivity contribution in [1.29, 1.82) is 0 Å². The Kier molecular flexibility index (Phi) is 9.44. The number of carbonyl (C=O) groups excluding carboxylic acids is 3. The number of hydrogen-bond donors (Lipinski definition) is 4. The van der Waals surface area contributed by atoms with E-state index in [2.05, 4.69) is 21.5 Å². The number of anilines is 1. The molecular formula is C22H26N4O4S. The Morgan fingerprint density at radius 1 is 0.903 bits per heavy atom. The number of carbonyl (C=O) groups is 3. The summed E-state index contributed by atoms with van der Waals surface area (Å²) >= 11 is 5.06. The lowest BCUT2D eigenvalue weighted by atomic mass is 10.2. The molecule has 2 aromatic rings. The van der Waals surface area contributed by atoms with Gasteiger partial charge in [-0.2, -0.15) is 0 Å². The molecule has 0 aliphatic carbocycles. The lowest BCUT2D eigenvalue weighted by Gasteiger charge is -2.12. The first-order valence-corrected chi connectivity index (χ1v) is 10.4. The van der Waals surface area contributed by atoms with Gasteiger partial charge in [-0.3, -0.25) is 30.6 Å². The van der Waals surface area contributed by atoms with Crippen molar-refractivity contribution >= 4 is 40.7 Å². The molecular weight excluding hydrogens is 416 g/mol. The van der Waals surface area contributed by atoms with E-state index in [1.807, 2.05) is 13.8 Å². The summed E-state index contributed by atoms with van der Waals surface area (Å²) in [6, 6.07) is 13.1. The van der Waals surface area contributed by atoms with Crippen molar-refractivity contribution in [2.24, 2.45) is 0 Å². The quantitative estimate of drug-likeness (QED) is 0.369. The van der Waals surface area contributed by atoms with Crippen molar-refractivity contribution in [2.45, 2.75) is 33.1 Å². The van der Waals surface area contributed by atoms with Crippen LogP contribution in [0.15, 0.2) is 48.5 Å². The van der Waals surface area contributed by atoms with Gasteiger partial charge in [-0.05, 0) is 67.5 Å². The van der Waals surface area contributed by atoms with Crippen LogP contribution in [-0.4, -0.2) is 29.4 Å². The third-order valence-corrected chi connectivity index (χ3v) is 4.20. The molecule has 0 bridgehead atoms. The lowest BCUT2D eigenvalue weighted by molar-refractivity contribution is -0.116. The topological polar surface area (TPSA) is 109 Å². The number of hydrazine groups is 1. The standard InChI is InChI=1S/C22H26N4O4S/c1-3-6-19(27)23-17-11-9-15(10-12-17)21(29)25-26-22(31)24-20(28)16-7-5-8-18(14-16)30-13-4-2/h5,7-12,14H,3-4,6,13H2,1-2H3,(H,23,27)(H,25,29)(H2,24,26,28,31). The van der Waals surface area contributed by atoms with E-state index in [0.29, 0.717) is 35.6 Å². The van der Waals surface area contributed by atoms with E-state index in [9.17, 15) is 14.4 Å². The van der Waals surface area contributed by atoms with Gasteiger partial charge < -0.3 is 10.1 Å². The van der Waals surface area contributed by atoms with Gasteiger partial charge in [0, 0.05) is 23.2 Å². The molecule has 0 heterocycles. The van der Waals surface area contributed by atoms with Crippen molar-refractivity contribution in [3.63, 3.8) is 0 Å². The summed E-state index contributed by atoms with van der Waals surface area (Å²) in [5, 5.41) is 5.19. The zero-order valence-corrected chi connectivity index (χ0v) is 18.3. The molecule has 164 valence electrons. The van der Waals surface area contributed by atoms with E-state index < -0.39 is 11.8 Å². The van der Waals surface area contributed by atoms with Crippen LogP contribution in [0.25, 0.3) is 0 Å². The van der Waals surface area contributed by atoms with E-state index in [0.717, 1.165) is 12.8 Å². The maximum Gasteiger partial charge on any atom is 0.269 e. The minimum Gasteiger partial charge on any atom is -0.494 e. The number of hydrogen-bond acceptors (Lipinski definition) is 5. The van der Waals surface area contributed by atoms with Crippen LogP contribution in [-0.2, 0) is 4.79 Å². The molecule has 0 fully saturated rings. The molecule has 0 saturated carbocycles. The summed E-state index contributed by atoms with van der Waals surface area (Å²) in [6.45, 7) is 4.48. The highest BCUT2D eigenvalue weighted by molar-refractivity contribution is 7.80. The molecule has 4 N–H and O–H groups in total. The Morgan fingerprint density at radius 2 is 1.65 bits per heavy atom. The van der Waals surface area contributed by atoms with Gasteiger partial charge in [0.05, 0.1) is 6.61 Å². The number of nitrogens with one attached hydrogen (secondary N) is 4. The number of thiocarbonyl (C=S) groups is 1. The highest BCUT2D eigenvalue weighted by Crippen LogP contribution is 2.13. The van der Waals surface area contributed by atoms with Crippen LogP contribution in [0, 0.1) is 0 Å². The average Bonchev–Trinajstić information content (AvgIpc) is 2.77. The Hall–Kier alpha value is -3.46. The summed E-state index contributed by atoms with van der Waals surface area (Å²) in [5.41, 5.74) is 6.26. The molecule has 3 amide bonds. The molecule has 0 unspecified atom stereocenters. The van der Waals surface area contributed by atoms with Crippen LogP contribution in [0.4, 0.5) is 5.69 Å². The third kappa shape index (κ3) is 8.06. The molecule has 0 aliphatic rings. The van der Waals surface area contributed by atoms with Crippen molar-refractivity contribution < 1.29 is 19.1 Å². The van der Waals surface area contributed by atoms with Crippen LogP contribution < -0.4 is 26.2 Å². The summed E-state index contributed by atoms with van der Waals surface area (Å²) < 4.78 is 5.51. The second-order valence-electron chi connectivity index (χ2n) is 6.61. The fraction of sp³-hybridized carbons (Fsp3) is 0.273. The molecule has 0 radical (unpaired) electrons. The van der Waals surface area contributed by atoms with Gasteiger partial charge in [0.1, 0.15) is 5.75 Å². The maximum absolute atomic E-state index is 12.3. The van der Waals surface area contributed by atoms with Gasteiger partial charge in [0.25, 0.3) is 11.8 Å². The largest absolute Gasteiger partial charge is 0.494 e. The fourth-order valence-electron chi connectivity index (χ4n) is 2.49. The average molecular weight is 443 g/mol. The second-order valence-corrected chi connectivity index (χ2v) is 7.02. The molecule has 0 aliphatic heterocycles. The summed E-state index contributed by atoms with van der Waals surface area (Å²) in [5.74, 6) is -0.361. The Labute approximate surface area is 186 Å². The smallest absolute Gasteiger partial charge is 0.269 e. The van der Waals surface area contributed by atoms with E-state index in [4.69, 9.17) is 17.0 Å². The summed E-state index contributed by atoms with van der Waals surface area (Å²) in [4.78, 5) is 36.2. The van der Waals surface area contributed by atoms with Gasteiger partial charge in [-0.15, -0.1) is 0 Å². The van der Waals surface area contributed by atoms with Gasteiger partial charge in [0.15, 0.2) is 5.11 Å². The first kappa shape index (κ1) is 23.8. The Morgan fingerprint density at radius 3 is 2.32 bits per heavy atom. The molecule has 0 atom stereocenters. The SMILES string of the molecule is CCCOc1cccc(C(=O)NC(=S)NNC(=O)c2ccc(NC(=O)CCC)cc2)c1. The van der Waals surface area contributed by atoms with Gasteiger partial charge in [0.2, 0.25) is 5.91 Å². The summed E-state index contributed by atoms with van der Waals surface area (Å²) in [7, 11) is 0. The molecule has 0 aromatic heterocycles. The number of amides is 3. The molecule has 0 saturated heterocycles. The van der Waals surface area contributed by atoms with E-state index in [-0.39, 0.29) is 11.0 Å². The predicted octanol–water partition coefficient (Wildman–Crippen LogP) is 3.16. The van der Waals surface area contributed by atoms with Crippen LogP contribution >= 0.6 is 12.2 Å². The van der Waals surface area contributed by atoms with Crippen molar-refractivity contribution in [1.82, 2.24) is 16.2 Å².